The lowest BCUT2D eigenvalue weighted by atomic mass is 10.1. The van der Waals surface area contributed by atoms with E-state index in [0.717, 1.165) is 5.56 Å². The van der Waals surface area contributed by atoms with E-state index in [9.17, 15) is 9.18 Å². The van der Waals surface area contributed by atoms with Crippen LogP contribution in [0.4, 0.5) is 4.39 Å². The van der Waals surface area contributed by atoms with Crippen molar-refractivity contribution in [2.75, 3.05) is 0 Å². The third-order valence-electron chi connectivity index (χ3n) is 3.44. The molecule has 0 bridgehead atoms. The van der Waals surface area contributed by atoms with Gasteiger partial charge in [-0.15, -0.1) is 0 Å². The summed E-state index contributed by atoms with van der Waals surface area (Å²) in [5, 5.41) is 4.52. The molecule has 118 valence electrons. The Morgan fingerprint density at radius 3 is 2.57 bits per heavy atom. The molecule has 0 N–H and O–H groups in total. The molecule has 3 aromatic rings. The number of hydrogen-bond donors (Lipinski definition) is 0. The first-order valence-corrected chi connectivity index (χ1v) is 7.53. The first-order chi connectivity index (χ1) is 11.1. The third kappa shape index (κ3) is 3.30. The number of aromatic nitrogens is 2. The summed E-state index contributed by atoms with van der Waals surface area (Å²) in [5.74, 6) is -0.813. The van der Waals surface area contributed by atoms with E-state index >= 15 is 0 Å². The average Bonchev–Trinajstić information content (AvgIpc) is 2.86. The molecule has 0 saturated heterocycles. The number of rotatable bonds is 4. The number of nitrogens with zero attached hydrogens (tertiary/aromatic N) is 2. The van der Waals surface area contributed by atoms with Gasteiger partial charge >= 0.3 is 5.76 Å². The molecule has 0 saturated carbocycles. The van der Waals surface area contributed by atoms with Gasteiger partial charge in [0.2, 0.25) is 0 Å². The lowest BCUT2D eigenvalue weighted by molar-refractivity contribution is 0.375. The van der Waals surface area contributed by atoms with E-state index in [1.54, 1.807) is 24.3 Å². The van der Waals surface area contributed by atoms with Crippen molar-refractivity contribution in [1.82, 2.24) is 9.72 Å². The fourth-order valence-electron chi connectivity index (χ4n) is 2.24. The summed E-state index contributed by atoms with van der Waals surface area (Å²) in [4.78, 5) is 11.9. The average molecular weight is 353 g/mol. The van der Waals surface area contributed by atoms with E-state index in [0.29, 0.717) is 5.02 Å². The molecule has 3 rings (SSSR count). The molecule has 1 heterocycles. The zero-order valence-corrected chi connectivity index (χ0v) is 13.3. The fraction of sp³-hybridized carbons (Fsp3) is 0.125. The highest BCUT2D eigenvalue weighted by molar-refractivity contribution is 6.31. The molecule has 0 spiro atoms. The van der Waals surface area contributed by atoms with Crippen LogP contribution in [0.15, 0.2) is 51.8 Å². The molecule has 23 heavy (non-hydrogen) atoms. The Hall–Kier alpha value is -2.11. The maximum atomic E-state index is 13.9. The highest BCUT2D eigenvalue weighted by atomic mass is 35.5. The largest absolute Gasteiger partial charge is 0.441 e. The van der Waals surface area contributed by atoms with Crippen LogP contribution < -0.4 is 5.76 Å². The van der Waals surface area contributed by atoms with Crippen LogP contribution in [0.25, 0.3) is 0 Å². The van der Waals surface area contributed by atoms with Crippen LogP contribution in [0.1, 0.15) is 17.0 Å². The van der Waals surface area contributed by atoms with E-state index < -0.39 is 11.6 Å². The summed E-state index contributed by atoms with van der Waals surface area (Å²) in [6.45, 7) is 0.184. The van der Waals surface area contributed by atoms with E-state index in [-0.39, 0.29) is 29.4 Å². The van der Waals surface area contributed by atoms with Crippen LogP contribution >= 0.6 is 23.2 Å². The molecule has 0 aliphatic carbocycles. The predicted octanol–water partition coefficient (Wildman–Crippen LogP) is 3.92. The van der Waals surface area contributed by atoms with Crippen molar-refractivity contribution >= 4 is 23.2 Å². The second-order valence-electron chi connectivity index (χ2n) is 4.92. The van der Waals surface area contributed by atoms with Crippen molar-refractivity contribution in [1.29, 1.82) is 0 Å². The van der Waals surface area contributed by atoms with Gasteiger partial charge < -0.3 is 0 Å². The fourth-order valence-corrected chi connectivity index (χ4v) is 2.66. The molecule has 0 amide bonds. The van der Waals surface area contributed by atoms with E-state index in [2.05, 4.69) is 5.16 Å². The van der Waals surface area contributed by atoms with Crippen LogP contribution in [0.5, 0.6) is 0 Å². The molecule has 7 heteroatoms. The zero-order valence-electron chi connectivity index (χ0n) is 11.8. The Morgan fingerprint density at radius 2 is 1.83 bits per heavy atom. The van der Waals surface area contributed by atoms with Crippen molar-refractivity contribution < 1.29 is 8.91 Å². The minimum absolute atomic E-state index is 0.0434. The molecule has 0 radical (unpaired) electrons. The minimum atomic E-state index is -0.632. The Bertz CT molecular complexity index is 885. The molecule has 0 aliphatic rings. The molecule has 0 atom stereocenters. The second-order valence-corrected chi connectivity index (χ2v) is 5.73. The topological polar surface area (TPSA) is 48.0 Å². The zero-order chi connectivity index (χ0) is 16.4. The normalized spacial score (nSPS) is 10.9. The quantitative estimate of drug-likeness (QED) is 0.714. The molecule has 0 unspecified atom stereocenters. The summed E-state index contributed by atoms with van der Waals surface area (Å²) >= 11 is 12.1. The first-order valence-electron chi connectivity index (χ1n) is 6.78. The Morgan fingerprint density at radius 1 is 1.09 bits per heavy atom. The van der Waals surface area contributed by atoms with Crippen LogP contribution in [0.3, 0.4) is 0 Å². The van der Waals surface area contributed by atoms with Crippen LogP contribution in [0, 0.1) is 5.82 Å². The molecule has 1 aromatic heterocycles. The molecule has 4 nitrogen and oxygen atoms in total. The number of halogens is 3. The molecule has 0 aliphatic heterocycles. The maximum absolute atomic E-state index is 13.9. The Labute approximate surface area is 141 Å². The van der Waals surface area contributed by atoms with Gasteiger partial charge in [0.25, 0.3) is 0 Å². The highest BCUT2D eigenvalue weighted by Gasteiger charge is 2.16. The van der Waals surface area contributed by atoms with Crippen molar-refractivity contribution in [3.8, 4) is 0 Å². The van der Waals surface area contributed by atoms with Crippen LogP contribution in [-0.4, -0.2) is 9.72 Å². The van der Waals surface area contributed by atoms with Crippen molar-refractivity contribution in [2.24, 2.45) is 0 Å². The van der Waals surface area contributed by atoms with Gasteiger partial charge in [0.15, 0.2) is 5.82 Å². The van der Waals surface area contributed by atoms with Gasteiger partial charge in [-0.25, -0.2) is 9.18 Å². The van der Waals surface area contributed by atoms with Gasteiger partial charge in [0.1, 0.15) is 5.82 Å². The van der Waals surface area contributed by atoms with Gasteiger partial charge in [-0.05, 0) is 23.8 Å². The monoisotopic (exact) mass is 352 g/mol. The lowest BCUT2D eigenvalue weighted by Gasteiger charge is -2.08. The summed E-state index contributed by atoms with van der Waals surface area (Å²) in [6.07, 6.45) is 0.0434. The van der Waals surface area contributed by atoms with E-state index in [1.165, 1.54) is 16.7 Å². The Kier molecular flexibility index (Phi) is 4.50. The van der Waals surface area contributed by atoms with E-state index in [4.69, 9.17) is 27.7 Å². The lowest BCUT2D eigenvalue weighted by Crippen LogP contribution is -2.18. The highest BCUT2D eigenvalue weighted by Crippen LogP contribution is 2.22. The first kappa shape index (κ1) is 15.8. The van der Waals surface area contributed by atoms with Crippen molar-refractivity contribution in [2.45, 2.75) is 13.0 Å². The minimum Gasteiger partial charge on any atom is -0.296 e. The SMILES string of the molecule is O=c1onc(Cc2c(F)cccc2Cl)n1Cc1ccccc1Cl. The molecular weight excluding hydrogens is 342 g/mol. The Balaban J connectivity index is 1.97. The summed E-state index contributed by atoms with van der Waals surface area (Å²) in [6, 6.07) is 11.5. The van der Waals surface area contributed by atoms with Crippen LogP contribution in [0.2, 0.25) is 10.0 Å². The van der Waals surface area contributed by atoms with Crippen molar-refractivity contribution in [3.63, 3.8) is 0 Å². The molecular formula is C16H11Cl2FN2O2. The van der Waals surface area contributed by atoms with Gasteiger partial charge in [0.05, 0.1) is 6.54 Å². The van der Waals surface area contributed by atoms with Gasteiger partial charge in [-0.2, -0.15) is 0 Å². The molecule has 0 fully saturated rings. The van der Waals surface area contributed by atoms with E-state index in [1.807, 2.05) is 6.07 Å². The summed E-state index contributed by atoms with van der Waals surface area (Å²) in [5.41, 5.74) is 0.996. The predicted molar refractivity (Wildman–Crippen MR) is 85.5 cm³/mol. The van der Waals surface area contributed by atoms with Crippen molar-refractivity contribution in [3.05, 3.63) is 85.8 Å². The number of hydrogen-bond acceptors (Lipinski definition) is 3. The summed E-state index contributed by atoms with van der Waals surface area (Å²) in [7, 11) is 0. The number of benzene rings is 2. The second kappa shape index (κ2) is 6.56. The summed E-state index contributed by atoms with van der Waals surface area (Å²) < 4.78 is 19.9. The van der Waals surface area contributed by atoms with Gasteiger partial charge in [0, 0.05) is 22.0 Å². The van der Waals surface area contributed by atoms with Crippen LogP contribution in [-0.2, 0) is 13.0 Å². The molecule has 2 aromatic carbocycles. The van der Waals surface area contributed by atoms with Gasteiger partial charge in [-0.1, -0.05) is 52.6 Å². The van der Waals surface area contributed by atoms with Gasteiger partial charge in [-0.3, -0.25) is 9.09 Å². The standard InChI is InChI=1S/C16H11Cl2FN2O2/c17-12-5-2-1-4-10(12)9-21-15(20-23-16(21)22)8-11-13(18)6-3-7-14(11)19/h1-7H,8-9H2. The maximum Gasteiger partial charge on any atom is 0.441 e. The third-order valence-corrected chi connectivity index (χ3v) is 4.17. The smallest absolute Gasteiger partial charge is 0.296 e.